The van der Waals surface area contributed by atoms with Crippen LogP contribution in [0.4, 0.5) is 0 Å². The minimum Gasteiger partial charge on any atom is -0.192 e. The van der Waals surface area contributed by atoms with Gasteiger partial charge in [0.05, 0.1) is 23.3 Å². The molecule has 0 unspecified atom stereocenters. The first-order chi connectivity index (χ1) is 28.3. The molecular formula is C55H42N2S. The summed E-state index contributed by atoms with van der Waals surface area (Å²) in [7, 11) is 0. The van der Waals surface area contributed by atoms with Gasteiger partial charge in [0.25, 0.3) is 0 Å². The molecule has 3 heteroatoms. The standard InChI is InChI=1S/C52H34N2S.C3H8/c1-33-9-3-4-14-47(33)48-19-17-41(21-34(48)2)45-24-35(31-53)22-43(28-45)39-12-7-10-37(26-39)38-11-8-13-40(27-38)44-23-36(32-54)25-46(29-44)42-18-20-50-49-15-5-6-16-51(49)55-52(50)30-42;1-3-2/h3-30H,1-2H3;3H2,1-2H3. The van der Waals surface area contributed by atoms with E-state index in [9.17, 15) is 10.5 Å². The average Bonchev–Trinajstić information content (AvgIpc) is 3.65. The maximum absolute atomic E-state index is 10.1. The van der Waals surface area contributed by atoms with E-state index in [1.165, 1.54) is 48.8 Å². The van der Waals surface area contributed by atoms with Crippen molar-refractivity contribution < 1.29 is 0 Å². The number of rotatable bonds is 6. The third kappa shape index (κ3) is 7.70. The largest absolute Gasteiger partial charge is 0.192 e. The van der Waals surface area contributed by atoms with Crippen LogP contribution in [0.2, 0.25) is 0 Å². The molecule has 0 aliphatic rings. The first-order valence-corrected chi connectivity index (χ1v) is 20.6. The number of thiophene rings is 1. The van der Waals surface area contributed by atoms with Gasteiger partial charge in [-0.3, -0.25) is 0 Å². The average molecular weight is 763 g/mol. The molecule has 8 aromatic carbocycles. The zero-order valence-electron chi connectivity index (χ0n) is 33.2. The molecule has 0 radical (unpaired) electrons. The van der Waals surface area contributed by atoms with Crippen LogP contribution >= 0.6 is 11.3 Å². The van der Waals surface area contributed by atoms with Crippen molar-refractivity contribution in [2.24, 2.45) is 0 Å². The van der Waals surface area contributed by atoms with Crippen LogP contribution in [0.1, 0.15) is 42.5 Å². The minimum atomic E-state index is 0.625. The molecule has 0 N–H and O–H groups in total. The van der Waals surface area contributed by atoms with Crippen molar-refractivity contribution in [3.05, 3.63) is 192 Å². The summed E-state index contributed by atoms with van der Waals surface area (Å²) in [5.41, 5.74) is 16.6. The van der Waals surface area contributed by atoms with Gasteiger partial charge in [-0.15, -0.1) is 11.3 Å². The molecule has 0 saturated heterocycles. The van der Waals surface area contributed by atoms with E-state index in [2.05, 4.69) is 185 Å². The molecule has 0 bridgehead atoms. The Morgan fingerprint density at radius 2 is 0.810 bits per heavy atom. The second-order valence-electron chi connectivity index (χ2n) is 14.8. The lowest BCUT2D eigenvalue weighted by Crippen LogP contribution is -1.90. The topological polar surface area (TPSA) is 47.6 Å². The molecule has 0 spiro atoms. The summed E-state index contributed by atoms with van der Waals surface area (Å²) in [4.78, 5) is 0. The summed E-state index contributed by atoms with van der Waals surface area (Å²) < 4.78 is 2.52. The highest BCUT2D eigenvalue weighted by atomic mass is 32.1. The smallest absolute Gasteiger partial charge is 0.0992 e. The molecule has 278 valence electrons. The second kappa shape index (κ2) is 16.6. The Morgan fingerprint density at radius 1 is 0.379 bits per heavy atom. The third-order valence-electron chi connectivity index (χ3n) is 10.6. The van der Waals surface area contributed by atoms with E-state index in [0.29, 0.717) is 11.1 Å². The van der Waals surface area contributed by atoms with E-state index in [-0.39, 0.29) is 0 Å². The fourth-order valence-electron chi connectivity index (χ4n) is 7.73. The van der Waals surface area contributed by atoms with Gasteiger partial charge in [-0.25, -0.2) is 0 Å². The SMILES string of the molecule is CCC.Cc1ccccc1-c1ccc(-c2cc(C#N)cc(-c3cccc(-c4cccc(-c5cc(C#N)cc(-c6ccc7c(c6)sc6ccccc67)c5)c4)c3)c2)cc1C. The Hall–Kier alpha value is -7.04. The second-order valence-corrected chi connectivity index (χ2v) is 15.9. The van der Waals surface area contributed by atoms with Gasteiger partial charge in [-0.2, -0.15) is 10.5 Å². The van der Waals surface area contributed by atoms with Gasteiger partial charge in [0.1, 0.15) is 0 Å². The maximum Gasteiger partial charge on any atom is 0.0992 e. The van der Waals surface area contributed by atoms with E-state index in [0.717, 1.165) is 55.6 Å². The van der Waals surface area contributed by atoms with E-state index in [1.54, 1.807) is 11.3 Å². The Balaban J connectivity index is 0.00000152. The molecule has 0 amide bonds. The zero-order chi connectivity index (χ0) is 40.2. The van der Waals surface area contributed by atoms with Gasteiger partial charge in [-0.1, -0.05) is 129 Å². The van der Waals surface area contributed by atoms with Crippen LogP contribution in [0.25, 0.3) is 86.9 Å². The Kier molecular flexibility index (Phi) is 10.8. The molecule has 9 aromatic rings. The highest BCUT2D eigenvalue weighted by molar-refractivity contribution is 7.25. The fourth-order valence-corrected chi connectivity index (χ4v) is 8.88. The molecule has 2 nitrogen and oxygen atoms in total. The van der Waals surface area contributed by atoms with Gasteiger partial charge in [-0.05, 0) is 152 Å². The quantitative estimate of drug-likeness (QED) is 0.169. The Labute approximate surface area is 345 Å². The number of nitrogens with zero attached hydrogens (tertiary/aromatic N) is 2. The molecule has 58 heavy (non-hydrogen) atoms. The molecule has 0 atom stereocenters. The summed E-state index contributed by atoms with van der Waals surface area (Å²) in [5.74, 6) is 0. The van der Waals surface area contributed by atoms with Gasteiger partial charge in [0, 0.05) is 20.2 Å². The van der Waals surface area contributed by atoms with Crippen molar-refractivity contribution in [2.75, 3.05) is 0 Å². The molecular weight excluding hydrogens is 721 g/mol. The van der Waals surface area contributed by atoms with Crippen molar-refractivity contribution in [3.63, 3.8) is 0 Å². The molecule has 0 saturated carbocycles. The van der Waals surface area contributed by atoms with Crippen LogP contribution in [0.15, 0.2) is 170 Å². The van der Waals surface area contributed by atoms with Crippen LogP contribution in [0.5, 0.6) is 0 Å². The normalized spacial score (nSPS) is 10.8. The van der Waals surface area contributed by atoms with E-state index in [4.69, 9.17) is 0 Å². The van der Waals surface area contributed by atoms with Crippen molar-refractivity contribution in [1.82, 2.24) is 0 Å². The summed E-state index contributed by atoms with van der Waals surface area (Å²) in [6.45, 7) is 8.55. The van der Waals surface area contributed by atoms with Crippen LogP contribution in [0.3, 0.4) is 0 Å². The van der Waals surface area contributed by atoms with Crippen molar-refractivity contribution in [1.29, 1.82) is 10.5 Å². The lowest BCUT2D eigenvalue weighted by Gasteiger charge is -2.13. The molecule has 0 fully saturated rings. The van der Waals surface area contributed by atoms with Crippen molar-refractivity contribution in [3.8, 4) is 78.9 Å². The predicted molar refractivity (Wildman–Crippen MR) is 247 cm³/mol. The van der Waals surface area contributed by atoms with Crippen molar-refractivity contribution in [2.45, 2.75) is 34.1 Å². The third-order valence-corrected chi connectivity index (χ3v) is 11.7. The number of benzene rings is 8. The molecule has 9 rings (SSSR count). The first kappa shape index (κ1) is 37.9. The molecule has 0 aliphatic carbocycles. The minimum absolute atomic E-state index is 0.625. The lowest BCUT2D eigenvalue weighted by molar-refractivity contribution is 1.09. The molecule has 1 aromatic heterocycles. The maximum atomic E-state index is 10.1. The van der Waals surface area contributed by atoms with Crippen LogP contribution in [0, 0.1) is 36.5 Å². The highest BCUT2D eigenvalue weighted by Gasteiger charge is 2.13. The van der Waals surface area contributed by atoms with E-state index < -0.39 is 0 Å². The number of fused-ring (bicyclic) bond motifs is 3. The monoisotopic (exact) mass is 762 g/mol. The number of hydrogen-bond donors (Lipinski definition) is 0. The number of nitriles is 2. The van der Waals surface area contributed by atoms with Crippen LogP contribution < -0.4 is 0 Å². The van der Waals surface area contributed by atoms with E-state index >= 15 is 0 Å². The summed E-state index contributed by atoms with van der Waals surface area (Å²) in [5, 5.41) is 22.7. The predicted octanol–water partition coefficient (Wildman–Crippen LogP) is 15.8. The van der Waals surface area contributed by atoms with Gasteiger partial charge < -0.3 is 0 Å². The van der Waals surface area contributed by atoms with Crippen LogP contribution in [-0.4, -0.2) is 0 Å². The number of aryl methyl sites for hydroxylation is 2. The van der Waals surface area contributed by atoms with E-state index in [1.807, 2.05) is 24.3 Å². The number of hydrogen-bond acceptors (Lipinski definition) is 3. The summed E-state index contributed by atoms with van der Waals surface area (Å²) in [6, 6.07) is 64.3. The molecule has 1 heterocycles. The fraction of sp³-hybridized carbons (Fsp3) is 0.0909. The highest BCUT2D eigenvalue weighted by Crippen LogP contribution is 2.39. The summed E-state index contributed by atoms with van der Waals surface area (Å²) >= 11 is 1.80. The zero-order valence-corrected chi connectivity index (χ0v) is 34.0. The van der Waals surface area contributed by atoms with Gasteiger partial charge in [0.2, 0.25) is 0 Å². The van der Waals surface area contributed by atoms with Gasteiger partial charge >= 0.3 is 0 Å². The lowest BCUT2D eigenvalue weighted by atomic mass is 9.91. The van der Waals surface area contributed by atoms with Gasteiger partial charge in [0.15, 0.2) is 0 Å². The first-order valence-electron chi connectivity index (χ1n) is 19.8. The summed E-state index contributed by atoms with van der Waals surface area (Å²) in [6.07, 6.45) is 1.25. The van der Waals surface area contributed by atoms with Crippen LogP contribution in [-0.2, 0) is 0 Å². The van der Waals surface area contributed by atoms with Crippen molar-refractivity contribution >= 4 is 31.5 Å². The Bertz CT molecular complexity index is 3060. The molecule has 0 aliphatic heterocycles. The Morgan fingerprint density at radius 3 is 1.36 bits per heavy atom.